The lowest BCUT2D eigenvalue weighted by molar-refractivity contribution is -0.139. The predicted molar refractivity (Wildman–Crippen MR) is 130 cm³/mol. The Morgan fingerprint density at radius 3 is 2.18 bits per heavy atom. The number of carbonyl (C=O) groups is 1. The van der Waals surface area contributed by atoms with Gasteiger partial charge in [0.1, 0.15) is 18.1 Å². The number of carboxylic acids is 1. The zero-order valence-corrected chi connectivity index (χ0v) is 19.6. The lowest BCUT2D eigenvalue weighted by Crippen LogP contribution is -2.09. The van der Waals surface area contributed by atoms with Crippen LogP contribution in [0.1, 0.15) is 29.2 Å². The largest absolute Gasteiger partial charge is 0.491 e. The van der Waals surface area contributed by atoms with E-state index in [9.17, 15) is 4.79 Å². The Morgan fingerprint density at radius 1 is 0.818 bits per heavy atom. The molecule has 0 saturated heterocycles. The summed E-state index contributed by atoms with van der Waals surface area (Å²) in [6, 6.07) is 20.5. The van der Waals surface area contributed by atoms with Gasteiger partial charge < -0.3 is 19.3 Å². The lowest BCUT2D eigenvalue weighted by Gasteiger charge is -2.15. The zero-order valence-electron chi connectivity index (χ0n) is 19.6. The van der Waals surface area contributed by atoms with Crippen LogP contribution in [0.4, 0.5) is 0 Å². The minimum absolute atomic E-state index is 0.328. The summed E-state index contributed by atoms with van der Waals surface area (Å²) in [5, 5.41) is 8.71. The number of rotatable bonds is 12. The molecular weight excluding hydrogens is 416 g/mol. The molecule has 174 valence electrons. The summed E-state index contributed by atoms with van der Waals surface area (Å²) in [5.74, 6) is 0.466. The van der Waals surface area contributed by atoms with Crippen molar-refractivity contribution in [3.05, 3.63) is 82.9 Å². The SMILES string of the molecule is CCOCCOc1cc(C)c(-c2cccc(CCc3ccc(OCC(=O)O)cc3)c2)c(C)c1. The van der Waals surface area contributed by atoms with Gasteiger partial charge in [0.05, 0.1) is 6.61 Å². The van der Waals surface area contributed by atoms with Crippen LogP contribution in [0.3, 0.4) is 0 Å². The van der Waals surface area contributed by atoms with Gasteiger partial charge in [-0.2, -0.15) is 0 Å². The Labute approximate surface area is 195 Å². The number of aliphatic carboxylic acids is 1. The van der Waals surface area contributed by atoms with E-state index in [-0.39, 0.29) is 6.61 Å². The van der Waals surface area contributed by atoms with Gasteiger partial charge >= 0.3 is 5.97 Å². The fraction of sp³-hybridized carbons (Fsp3) is 0.321. The van der Waals surface area contributed by atoms with E-state index in [1.165, 1.54) is 33.4 Å². The van der Waals surface area contributed by atoms with Crippen molar-refractivity contribution in [2.75, 3.05) is 26.4 Å². The van der Waals surface area contributed by atoms with Crippen molar-refractivity contribution in [1.82, 2.24) is 0 Å². The average Bonchev–Trinajstić information content (AvgIpc) is 2.80. The first-order valence-electron chi connectivity index (χ1n) is 11.3. The summed E-state index contributed by atoms with van der Waals surface area (Å²) in [6.45, 7) is 7.74. The molecule has 3 rings (SSSR count). The maximum atomic E-state index is 10.6. The van der Waals surface area contributed by atoms with Crippen LogP contribution < -0.4 is 9.47 Å². The van der Waals surface area contributed by atoms with Gasteiger partial charge in [0.15, 0.2) is 6.61 Å². The van der Waals surface area contributed by atoms with Crippen LogP contribution in [0.15, 0.2) is 60.7 Å². The Kier molecular flexibility index (Phi) is 8.90. The molecule has 5 heteroatoms. The van der Waals surface area contributed by atoms with Crippen molar-refractivity contribution in [3.63, 3.8) is 0 Å². The molecule has 0 bridgehead atoms. The molecule has 0 atom stereocenters. The first-order valence-corrected chi connectivity index (χ1v) is 11.3. The molecule has 0 fully saturated rings. The molecule has 1 N–H and O–H groups in total. The average molecular weight is 449 g/mol. The molecule has 3 aromatic rings. The van der Waals surface area contributed by atoms with Gasteiger partial charge in [-0.1, -0.05) is 36.4 Å². The molecule has 33 heavy (non-hydrogen) atoms. The fourth-order valence-electron chi connectivity index (χ4n) is 3.89. The Balaban J connectivity index is 1.65. The van der Waals surface area contributed by atoms with Crippen LogP contribution in [-0.2, 0) is 22.4 Å². The van der Waals surface area contributed by atoms with Crippen molar-refractivity contribution in [1.29, 1.82) is 0 Å². The molecule has 0 heterocycles. The molecular formula is C28H32O5. The Bertz CT molecular complexity index is 1030. The topological polar surface area (TPSA) is 65.0 Å². The standard InChI is InChI=1S/C28H32O5/c1-4-31-14-15-32-26-16-20(2)28(21(3)17-26)24-7-5-6-23(18-24)9-8-22-10-12-25(13-11-22)33-19-27(29)30/h5-7,10-13,16-18H,4,8-9,14-15,19H2,1-3H3,(H,29,30). The zero-order chi connectivity index (χ0) is 23.6. The van der Waals surface area contributed by atoms with E-state index >= 15 is 0 Å². The third kappa shape index (κ3) is 7.36. The first kappa shape index (κ1) is 24.3. The summed E-state index contributed by atoms with van der Waals surface area (Å²) < 4.78 is 16.4. The summed E-state index contributed by atoms with van der Waals surface area (Å²) in [6.07, 6.45) is 1.81. The minimum Gasteiger partial charge on any atom is -0.491 e. The quantitative estimate of drug-likeness (QED) is 0.364. The van der Waals surface area contributed by atoms with Gasteiger partial charge in [-0.25, -0.2) is 4.79 Å². The highest BCUT2D eigenvalue weighted by molar-refractivity contribution is 5.72. The second-order valence-corrected chi connectivity index (χ2v) is 8.00. The molecule has 3 aromatic carbocycles. The number of hydrogen-bond acceptors (Lipinski definition) is 4. The minimum atomic E-state index is -0.979. The van der Waals surface area contributed by atoms with Gasteiger partial charge in [-0.05, 0) is 91.3 Å². The van der Waals surface area contributed by atoms with Crippen LogP contribution in [0.5, 0.6) is 11.5 Å². The molecule has 5 nitrogen and oxygen atoms in total. The summed E-state index contributed by atoms with van der Waals surface area (Å²) in [5.41, 5.74) is 7.29. The van der Waals surface area contributed by atoms with Gasteiger partial charge in [-0.15, -0.1) is 0 Å². The molecule has 0 aliphatic rings. The molecule has 0 aliphatic carbocycles. The summed E-state index contributed by atoms with van der Waals surface area (Å²) >= 11 is 0. The van der Waals surface area contributed by atoms with Crippen LogP contribution in [0.25, 0.3) is 11.1 Å². The summed E-state index contributed by atoms with van der Waals surface area (Å²) in [7, 11) is 0. The van der Waals surface area contributed by atoms with Gasteiger partial charge in [-0.3, -0.25) is 0 Å². The third-order valence-electron chi connectivity index (χ3n) is 5.41. The van der Waals surface area contributed by atoms with Gasteiger partial charge in [0.25, 0.3) is 0 Å². The van der Waals surface area contributed by atoms with Crippen molar-refractivity contribution < 1.29 is 24.1 Å². The Hall–Kier alpha value is -3.31. The van der Waals surface area contributed by atoms with E-state index in [0.717, 1.165) is 18.6 Å². The third-order valence-corrected chi connectivity index (χ3v) is 5.41. The van der Waals surface area contributed by atoms with Crippen LogP contribution in [0, 0.1) is 13.8 Å². The summed E-state index contributed by atoms with van der Waals surface area (Å²) in [4.78, 5) is 10.6. The smallest absolute Gasteiger partial charge is 0.341 e. The van der Waals surface area contributed by atoms with Gasteiger partial charge in [0.2, 0.25) is 0 Å². The van der Waals surface area contributed by atoms with E-state index in [0.29, 0.717) is 25.6 Å². The first-order chi connectivity index (χ1) is 16.0. The molecule has 0 aliphatic heterocycles. The van der Waals surface area contributed by atoms with E-state index in [1.54, 1.807) is 0 Å². The second kappa shape index (κ2) is 12.1. The van der Waals surface area contributed by atoms with Crippen LogP contribution in [0.2, 0.25) is 0 Å². The second-order valence-electron chi connectivity index (χ2n) is 8.00. The van der Waals surface area contributed by atoms with Crippen molar-refractivity contribution in [2.45, 2.75) is 33.6 Å². The highest BCUT2D eigenvalue weighted by atomic mass is 16.5. The number of aryl methyl sites for hydroxylation is 4. The normalized spacial score (nSPS) is 10.8. The van der Waals surface area contributed by atoms with E-state index in [1.807, 2.05) is 31.2 Å². The van der Waals surface area contributed by atoms with E-state index < -0.39 is 5.97 Å². The maximum absolute atomic E-state index is 10.6. The van der Waals surface area contributed by atoms with Crippen LogP contribution in [-0.4, -0.2) is 37.5 Å². The van der Waals surface area contributed by atoms with Crippen molar-refractivity contribution in [3.8, 4) is 22.6 Å². The number of hydrogen-bond donors (Lipinski definition) is 1. The predicted octanol–water partition coefficient (Wildman–Crippen LogP) is 5.63. The fourth-order valence-corrected chi connectivity index (χ4v) is 3.89. The molecule has 0 spiro atoms. The highest BCUT2D eigenvalue weighted by Crippen LogP contribution is 2.31. The molecule has 0 amide bonds. The highest BCUT2D eigenvalue weighted by Gasteiger charge is 2.10. The monoisotopic (exact) mass is 448 g/mol. The lowest BCUT2D eigenvalue weighted by atomic mass is 9.93. The van der Waals surface area contributed by atoms with E-state index in [4.69, 9.17) is 19.3 Å². The van der Waals surface area contributed by atoms with Crippen molar-refractivity contribution >= 4 is 5.97 Å². The molecule has 0 aromatic heterocycles. The maximum Gasteiger partial charge on any atom is 0.341 e. The molecule has 0 radical (unpaired) electrons. The van der Waals surface area contributed by atoms with E-state index in [2.05, 4.69) is 50.2 Å². The number of benzene rings is 3. The molecule has 0 unspecified atom stereocenters. The molecule has 0 saturated carbocycles. The van der Waals surface area contributed by atoms with Crippen molar-refractivity contribution in [2.24, 2.45) is 0 Å². The Morgan fingerprint density at radius 2 is 1.52 bits per heavy atom. The number of carboxylic acid groups (broad SMARTS) is 1. The van der Waals surface area contributed by atoms with Gasteiger partial charge in [0, 0.05) is 6.61 Å². The number of ether oxygens (including phenoxy) is 3. The van der Waals surface area contributed by atoms with Crippen LogP contribution >= 0.6 is 0 Å².